The van der Waals surface area contributed by atoms with E-state index >= 15 is 0 Å². The maximum Gasteiger partial charge on any atom is 0.339 e. The fourth-order valence-corrected chi connectivity index (χ4v) is 4.11. The van der Waals surface area contributed by atoms with E-state index in [9.17, 15) is 9.90 Å². The third-order valence-electron chi connectivity index (χ3n) is 6.24. The Morgan fingerprint density at radius 2 is 1.28 bits per heavy atom. The van der Waals surface area contributed by atoms with Gasteiger partial charge in [-0.2, -0.15) is 0 Å². The van der Waals surface area contributed by atoms with Crippen LogP contribution < -0.4 is 4.74 Å². The first-order valence-electron chi connectivity index (χ1n) is 9.67. The minimum absolute atomic E-state index is 0.167. The van der Waals surface area contributed by atoms with Crippen LogP contribution in [0.5, 0.6) is 5.75 Å². The molecule has 1 N–H and O–H groups in total. The Morgan fingerprint density at radius 1 is 0.724 bits per heavy atom. The third-order valence-corrected chi connectivity index (χ3v) is 6.24. The highest BCUT2D eigenvalue weighted by Crippen LogP contribution is 2.35. The topological polar surface area (TPSA) is 46.5 Å². The first-order valence-corrected chi connectivity index (χ1v) is 9.67. The molecular formula is C26H24O3. The van der Waals surface area contributed by atoms with Crippen molar-refractivity contribution in [3.63, 3.8) is 0 Å². The van der Waals surface area contributed by atoms with E-state index in [4.69, 9.17) is 4.74 Å². The van der Waals surface area contributed by atoms with E-state index in [0.29, 0.717) is 5.75 Å². The van der Waals surface area contributed by atoms with Gasteiger partial charge in [0.25, 0.3) is 0 Å². The van der Waals surface area contributed by atoms with Gasteiger partial charge in [-0.1, -0.05) is 18.2 Å². The number of aryl methyl sites for hydroxylation is 2. The fraction of sp³-hybridized carbons (Fsp3) is 0.192. The SMILES string of the molecule is COc1cc(-c2ccc3cc4c(C)c(C)c(C)c(C)c4cc3c2)ccc1C(=O)O. The summed E-state index contributed by atoms with van der Waals surface area (Å²) in [5.74, 6) is -0.624. The van der Waals surface area contributed by atoms with E-state index in [1.165, 1.54) is 50.9 Å². The number of hydrogen-bond donors (Lipinski definition) is 1. The van der Waals surface area contributed by atoms with Crippen LogP contribution in [-0.4, -0.2) is 18.2 Å². The van der Waals surface area contributed by atoms with Crippen molar-refractivity contribution in [2.75, 3.05) is 7.11 Å². The molecule has 4 rings (SSSR count). The van der Waals surface area contributed by atoms with E-state index in [1.54, 1.807) is 12.1 Å². The number of carbonyl (C=O) groups is 1. The molecule has 0 amide bonds. The Morgan fingerprint density at radius 3 is 1.86 bits per heavy atom. The van der Waals surface area contributed by atoms with Crippen molar-refractivity contribution in [1.82, 2.24) is 0 Å². The summed E-state index contributed by atoms with van der Waals surface area (Å²) in [5, 5.41) is 14.3. The lowest BCUT2D eigenvalue weighted by Crippen LogP contribution is -2.00. The summed E-state index contributed by atoms with van der Waals surface area (Å²) in [6.07, 6.45) is 0. The zero-order chi connectivity index (χ0) is 20.9. The van der Waals surface area contributed by atoms with Gasteiger partial charge < -0.3 is 9.84 Å². The molecule has 3 heteroatoms. The van der Waals surface area contributed by atoms with Crippen LogP contribution in [0.3, 0.4) is 0 Å². The quantitative estimate of drug-likeness (QED) is 0.405. The molecule has 0 aromatic heterocycles. The summed E-state index contributed by atoms with van der Waals surface area (Å²) in [4.78, 5) is 11.4. The molecule has 0 aliphatic heterocycles. The molecule has 0 heterocycles. The van der Waals surface area contributed by atoms with Gasteiger partial charge >= 0.3 is 5.97 Å². The first-order chi connectivity index (χ1) is 13.8. The van der Waals surface area contributed by atoms with Crippen LogP contribution in [0.25, 0.3) is 32.7 Å². The summed E-state index contributed by atoms with van der Waals surface area (Å²) in [7, 11) is 1.49. The van der Waals surface area contributed by atoms with Crippen LogP contribution >= 0.6 is 0 Å². The van der Waals surface area contributed by atoms with E-state index in [-0.39, 0.29) is 5.56 Å². The number of carboxylic acid groups (broad SMARTS) is 1. The number of ether oxygens (including phenoxy) is 1. The number of methoxy groups -OCH3 is 1. The van der Waals surface area contributed by atoms with Gasteiger partial charge in [-0.15, -0.1) is 0 Å². The molecule has 0 fully saturated rings. The monoisotopic (exact) mass is 384 g/mol. The second-order valence-corrected chi connectivity index (χ2v) is 7.68. The largest absolute Gasteiger partial charge is 0.496 e. The average molecular weight is 384 g/mol. The first kappa shape index (κ1) is 19.0. The predicted octanol–water partition coefficient (Wildman–Crippen LogP) is 6.60. The molecule has 4 aromatic rings. The van der Waals surface area contributed by atoms with E-state index in [1.807, 2.05) is 6.07 Å². The molecule has 0 radical (unpaired) electrons. The summed E-state index contributed by atoms with van der Waals surface area (Å²) >= 11 is 0. The van der Waals surface area contributed by atoms with Gasteiger partial charge in [0.15, 0.2) is 0 Å². The van der Waals surface area contributed by atoms with Crippen molar-refractivity contribution >= 4 is 27.5 Å². The summed E-state index contributed by atoms with van der Waals surface area (Å²) in [5.41, 5.74) is 7.49. The fourth-order valence-electron chi connectivity index (χ4n) is 4.11. The molecule has 0 saturated carbocycles. The smallest absolute Gasteiger partial charge is 0.339 e. The standard InChI is InChI=1S/C26H24O3/c1-14-15(2)17(4)24-12-21-10-18(6-7-19(21)11-23(24)16(14)3)20-8-9-22(26(27)28)25(13-20)29-5/h6-13H,1-5H3,(H,27,28). The van der Waals surface area contributed by atoms with Gasteiger partial charge in [-0.25, -0.2) is 4.79 Å². The second kappa shape index (κ2) is 6.93. The maximum atomic E-state index is 11.4. The molecule has 0 bridgehead atoms. The molecule has 0 spiro atoms. The number of carboxylic acids is 1. The number of aromatic carboxylic acids is 1. The van der Waals surface area contributed by atoms with Gasteiger partial charge in [0.1, 0.15) is 11.3 Å². The molecule has 0 saturated heterocycles. The molecule has 0 aliphatic rings. The second-order valence-electron chi connectivity index (χ2n) is 7.68. The normalized spacial score (nSPS) is 11.2. The van der Waals surface area contributed by atoms with Crippen LogP contribution in [-0.2, 0) is 0 Å². The Kier molecular flexibility index (Phi) is 4.54. The molecular weight excluding hydrogens is 360 g/mol. The molecule has 146 valence electrons. The van der Waals surface area contributed by atoms with Crippen molar-refractivity contribution in [3.05, 3.63) is 76.3 Å². The number of fused-ring (bicyclic) bond motifs is 2. The van der Waals surface area contributed by atoms with Crippen LogP contribution in [0.2, 0.25) is 0 Å². The minimum atomic E-state index is -0.991. The summed E-state index contributed by atoms with van der Waals surface area (Å²) < 4.78 is 5.29. The van der Waals surface area contributed by atoms with E-state index in [0.717, 1.165) is 11.1 Å². The van der Waals surface area contributed by atoms with Crippen LogP contribution in [0, 0.1) is 27.7 Å². The van der Waals surface area contributed by atoms with Crippen molar-refractivity contribution in [2.24, 2.45) is 0 Å². The highest BCUT2D eigenvalue weighted by molar-refractivity contribution is 6.03. The van der Waals surface area contributed by atoms with Crippen molar-refractivity contribution < 1.29 is 14.6 Å². The maximum absolute atomic E-state index is 11.4. The lowest BCUT2D eigenvalue weighted by molar-refractivity contribution is 0.0693. The van der Waals surface area contributed by atoms with Crippen molar-refractivity contribution in [3.8, 4) is 16.9 Å². The highest BCUT2D eigenvalue weighted by atomic mass is 16.5. The molecule has 4 aromatic carbocycles. The van der Waals surface area contributed by atoms with Crippen LogP contribution in [0.15, 0.2) is 48.5 Å². The Bertz CT molecular complexity index is 1300. The number of rotatable bonds is 3. The average Bonchev–Trinajstić information content (AvgIpc) is 2.74. The van der Waals surface area contributed by atoms with E-state index < -0.39 is 5.97 Å². The van der Waals surface area contributed by atoms with Crippen molar-refractivity contribution in [1.29, 1.82) is 0 Å². The van der Waals surface area contributed by atoms with E-state index in [2.05, 4.69) is 58.0 Å². The zero-order valence-corrected chi connectivity index (χ0v) is 17.4. The highest BCUT2D eigenvalue weighted by Gasteiger charge is 2.13. The van der Waals surface area contributed by atoms with Gasteiger partial charge in [0.05, 0.1) is 7.11 Å². The van der Waals surface area contributed by atoms with Gasteiger partial charge in [-0.05, 0) is 113 Å². The molecule has 0 unspecified atom stereocenters. The molecule has 0 aliphatic carbocycles. The third kappa shape index (κ3) is 3.03. The molecule has 0 atom stereocenters. The molecule has 3 nitrogen and oxygen atoms in total. The zero-order valence-electron chi connectivity index (χ0n) is 17.4. The van der Waals surface area contributed by atoms with Gasteiger partial charge in [0.2, 0.25) is 0 Å². The van der Waals surface area contributed by atoms with Gasteiger partial charge in [0, 0.05) is 0 Å². The molecule has 29 heavy (non-hydrogen) atoms. The predicted molar refractivity (Wildman–Crippen MR) is 119 cm³/mol. The van der Waals surface area contributed by atoms with Gasteiger partial charge in [-0.3, -0.25) is 0 Å². The minimum Gasteiger partial charge on any atom is -0.496 e. The number of hydrogen-bond acceptors (Lipinski definition) is 2. The van der Waals surface area contributed by atoms with Crippen LogP contribution in [0.1, 0.15) is 32.6 Å². The Labute approximate surface area is 170 Å². The Balaban J connectivity index is 1.93. The lowest BCUT2D eigenvalue weighted by atomic mass is 9.89. The summed E-state index contributed by atoms with van der Waals surface area (Å²) in [6, 6.07) is 16.1. The van der Waals surface area contributed by atoms with Crippen molar-refractivity contribution in [2.45, 2.75) is 27.7 Å². The lowest BCUT2D eigenvalue weighted by Gasteiger charge is -2.15. The summed E-state index contributed by atoms with van der Waals surface area (Å²) in [6.45, 7) is 8.77. The van der Waals surface area contributed by atoms with Crippen LogP contribution in [0.4, 0.5) is 0 Å². The number of benzene rings is 4. The Hall–Kier alpha value is -3.33.